The number of anilines is 2. The number of halogens is 1. The van der Waals surface area contributed by atoms with E-state index in [0.717, 1.165) is 18.7 Å². The monoisotopic (exact) mass is 336 g/mol. The van der Waals surface area contributed by atoms with Crippen molar-refractivity contribution in [1.29, 1.82) is 0 Å². The molecule has 116 valence electrons. The molecule has 0 saturated carbocycles. The van der Waals surface area contributed by atoms with Gasteiger partial charge in [-0.25, -0.2) is 8.42 Å². The zero-order valence-corrected chi connectivity index (χ0v) is 13.8. The Balaban J connectivity index is 2.13. The van der Waals surface area contributed by atoms with E-state index in [0.29, 0.717) is 17.3 Å². The summed E-state index contributed by atoms with van der Waals surface area (Å²) < 4.78 is 27.5. The van der Waals surface area contributed by atoms with Crippen LogP contribution >= 0.6 is 11.6 Å². The van der Waals surface area contributed by atoms with Crippen LogP contribution in [0.25, 0.3) is 0 Å². The molecular weight excluding hydrogens is 320 g/mol. The summed E-state index contributed by atoms with van der Waals surface area (Å²) in [6.07, 6.45) is 0.769. The Hall–Kier alpha value is -1.72. The number of nitrogens with zero attached hydrogens (tertiary/aromatic N) is 2. The molecule has 0 fully saturated rings. The van der Waals surface area contributed by atoms with Gasteiger partial charge >= 0.3 is 0 Å². The second-order valence-corrected chi connectivity index (χ2v) is 7.60. The van der Waals surface area contributed by atoms with Crippen LogP contribution in [-0.2, 0) is 10.0 Å². The van der Waals surface area contributed by atoms with Crippen molar-refractivity contribution in [1.82, 2.24) is 0 Å². The molecular formula is C16H17ClN2O2S. The number of hydrogen-bond donors (Lipinski definition) is 0. The van der Waals surface area contributed by atoms with Crippen LogP contribution in [-0.4, -0.2) is 28.6 Å². The maximum atomic E-state index is 13.0. The van der Waals surface area contributed by atoms with E-state index >= 15 is 0 Å². The van der Waals surface area contributed by atoms with Crippen molar-refractivity contribution in [2.75, 3.05) is 29.3 Å². The van der Waals surface area contributed by atoms with Gasteiger partial charge < -0.3 is 4.90 Å². The first-order chi connectivity index (χ1) is 10.5. The number of para-hydroxylation sites is 2. The molecule has 0 aliphatic carbocycles. The summed E-state index contributed by atoms with van der Waals surface area (Å²) in [5, 5.41) is 0.418. The van der Waals surface area contributed by atoms with Crippen LogP contribution in [0.1, 0.15) is 6.42 Å². The summed E-state index contributed by atoms with van der Waals surface area (Å²) in [5.74, 6) is 0. The number of hydrogen-bond acceptors (Lipinski definition) is 3. The van der Waals surface area contributed by atoms with Gasteiger partial charge in [0.2, 0.25) is 0 Å². The lowest BCUT2D eigenvalue weighted by Gasteiger charge is -2.25. The quantitative estimate of drug-likeness (QED) is 0.844. The lowest BCUT2D eigenvalue weighted by Crippen LogP contribution is -2.31. The highest BCUT2D eigenvalue weighted by Gasteiger charge is 2.29. The summed E-state index contributed by atoms with van der Waals surface area (Å²) in [6, 6.07) is 14.0. The summed E-state index contributed by atoms with van der Waals surface area (Å²) in [7, 11) is -1.64. The van der Waals surface area contributed by atoms with Crippen molar-refractivity contribution in [3.63, 3.8) is 0 Å². The molecule has 0 aromatic heterocycles. The van der Waals surface area contributed by atoms with Gasteiger partial charge in [-0.15, -0.1) is 0 Å². The Morgan fingerprint density at radius 1 is 1.00 bits per heavy atom. The Labute approximate surface area is 136 Å². The fraction of sp³-hybridized carbons (Fsp3) is 0.250. The minimum absolute atomic E-state index is 0.222. The average Bonchev–Trinajstić information content (AvgIpc) is 2.67. The van der Waals surface area contributed by atoms with Gasteiger partial charge in [-0.05, 0) is 36.8 Å². The molecule has 0 bridgehead atoms. The highest BCUT2D eigenvalue weighted by atomic mass is 35.5. The number of sulfonamides is 1. The topological polar surface area (TPSA) is 40.6 Å². The first-order valence-electron chi connectivity index (χ1n) is 7.08. The minimum Gasteiger partial charge on any atom is -0.373 e. The molecule has 0 radical (unpaired) electrons. The van der Waals surface area contributed by atoms with Crippen molar-refractivity contribution < 1.29 is 8.42 Å². The molecule has 0 saturated heterocycles. The van der Waals surface area contributed by atoms with Gasteiger partial charge in [-0.1, -0.05) is 29.8 Å². The van der Waals surface area contributed by atoms with Crippen LogP contribution in [0.3, 0.4) is 0 Å². The Morgan fingerprint density at radius 3 is 2.45 bits per heavy atom. The molecule has 3 rings (SSSR count). The molecule has 6 heteroatoms. The van der Waals surface area contributed by atoms with E-state index in [1.165, 1.54) is 10.4 Å². The molecule has 1 heterocycles. The van der Waals surface area contributed by atoms with Gasteiger partial charge in [0.1, 0.15) is 0 Å². The smallest absolute Gasteiger partial charge is 0.264 e. The second kappa shape index (κ2) is 5.82. The molecule has 2 aromatic rings. The third kappa shape index (κ3) is 2.66. The second-order valence-electron chi connectivity index (χ2n) is 5.30. The highest BCUT2D eigenvalue weighted by molar-refractivity contribution is 7.92. The average molecular weight is 337 g/mol. The third-order valence-electron chi connectivity index (χ3n) is 3.80. The zero-order chi connectivity index (χ0) is 15.7. The van der Waals surface area contributed by atoms with Crippen molar-refractivity contribution in [3.8, 4) is 0 Å². The van der Waals surface area contributed by atoms with E-state index in [4.69, 9.17) is 11.6 Å². The van der Waals surface area contributed by atoms with E-state index in [2.05, 4.69) is 4.90 Å². The van der Waals surface area contributed by atoms with Crippen LogP contribution < -0.4 is 9.21 Å². The first kappa shape index (κ1) is 15.2. The van der Waals surface area contributed by atoms with Crippen molar-refractivity contribution in [2.45, 2.75) is 11.3 Å². The standard InChI is InChI=1S/C16H17ClN2O2S/c1-18-10-5-11-19(16-9-3-2-8-15(16)18)22(20,21)14-7-4-6-13(17)12-14/h2-4,6-9,12H,5,10-11H2,1H3. The third-order valence-corrected chi connectivity index (χ3v) is 5.84. The fourth-order valence-electron chi connectivity index (χ4n) is 2.69. The van der Waals surface area contributed by atoms with Crippen molar-refractivity contribution in [2.24, 2.45) is 0 Å². The summed E-state index contributed by atoms with van der Waals surface area (Å²) >= 11 is 5.95. The van der Waals surface area contributed by atoms with Gasteiger partial charge in [0, 0.05) is 25.2 Å². The van der Waals surface area contributed by atoms with Crippen molar-refractivity contribution in [3.05, 3.63) is 53.6 Å². The van der Waals surface area contributed by atoms with E-state index in [-0.39, 0.29) is 4.90 Å². The van der Waals surface area contributed by atoms with Gasteiger partial charge in [0.25, 0.3) is 10.0 Å². The van der Waals surface area contributed by atoms with E-state index < -0.39 is 10.0 Å². The number of rotatable bonds is 2. The molecule has 0 N–H and O–H groups in total. The number of benzene rings is 2. The van der Waals surface area contributed by atoms with Gasteiger partial charge in [-0.2, -0.15) is 0 Å². The predicted molar refractivity (Wildman–Crippen MR) is 90.3 cm³/mol. The van der Waals surface area contributed by atoms with Gasteiger partial charge in [0.15, 0.2) is 0 Å². The van der Waals surface area contributed by atoms with E-state index in [1.54, 1.807) is 18.2 Å². The van der Waals surface area contributed by atoms with E-state index in [1.807, 2.05) is 31.3 Å². The van der Waals surface area contributed by atoms with Crippen LogP contribution in [0.5, 0.6) is 0 Å². The zero-order valence-electron chi connectivity index (χ0n) is 12.2. The summed E-state index contributed by atoms with van der Waals surface area (Å²) in [4.78, 5) is 2.31. The van der Waals surface area contributed by atoms with Crippen LogP contribution in [0.4, 0.5) is 11.4 Å². The fourth-order valence-corrected chi connectivity index (χ4v) is 4.51. The largest absolute Gasteiger partial charge is 0.373 e. The summed E-state index contributed by atoms with van der Waals surface area (Å²) in [6.45, 7) is 1.27. The predicted octanol–water partition coefficient (Wildman–Crippen LogP) is 3.38. The van der Waals surface area contributed by atoms with Crippen LogP contribution in [0, 0.1) is 0 Å². The van der Waals surface area contributed by atoms with Crippen LogP contribution in [0.2, 0.25) is 5.02 Å². The molecule has 0 unspecified atom stereocenters. The SMILES string of the molecule is CN1CCCN(S(=O)(=O)c2cccc(Cl)c2)c2ccccc21. The Morgan fingerprint density at radius 2 is 1.73 bits per heavy atom. The summed E-state index contributed by atoms with van der Waals surface area (Å²) in [5.41, 5.74) is 1.63. The molecule has 2 aromatic carbocycles. The van der Waals surface area contributed by atoms with E-state index in [9.17, 15) is 8.42 Å². The van der Waals surface area contributed by atoms with Crippen molar-refractivity contribution >= 4 is 33.0 Å². The molecule has 1 aliphatic rings. The Bertz CT molecular complexity index is 792. The molecule has 22 heavy (non-hydrogen) atoms. The van der Waals surface area contributed by atoms with Crippen LogP contribution in [0.15, 0.2) is 53.4 Å². The molecule has 1 aliphatic heterocycles. The lowest BCUT2D eigenvalue weighted by atomic mass is 10.2. The highest BCUT2D eigenvalue weighted by Crippen LogP contribution is 2.35. The van der Waals surface area contributed by atoms with Gasteiger partial charge in [-0.3, -0.25) is 4.31 Å². The van der Waals surface area contributed by atoms with Gasteiger partial charge in [0.05, 0.1) is 16.3 Å². The maximum Gasteiger partial charge on any atom is 0.264 e. The first-order valence-corrected chi connectivity index (χ1v) is 8.90. The molecule has 4 nitrogen and oxygen atoms in total. The Kier molecular flexibility index (Phi) is 4.02. The molecule has 0 spiro atoms. The molecule has 0 amide bonds. The maximum absolute atomic E-state index is 13.0. The number of fused-ring (bicyclic) bond motifs is 1. The normalized spacial score (nSPS) is 15.4. The molecule has 0 atom stereocenters. The lowest BCUT2D eigenvalue weighted by molar-refractivity contribution is 0.590. The minimum atomic E-state index is -3.62.